The van der Waals surface area contributed by atoms with Gasteiger partial charge in [0.15, 0.2) is 0 Å². The molecule has 7 N–H and O–H groups in total. The number of ether oxygens (including phenoxy) is 1. The summed E-state index contributed by atoms with van der Waals surface area (Å²) in [6.07, 6.45) is 0. The van der Waals surface area contributed by atoms with Crippen LogP contribution >= 0.6 is 11.6 Å². The predicted octanol–water partition coefficient (Wildman–Crippen LogP) is 2.27. The second-order valence-corrected chi connectivity index (χ2v) is 8.31. The Balaban J connectivity index is 2.42. The molecule has 0 saturated carbocycles. The number of phenolic OH excluding ortho intramolecular Hbond substituents is 2. The number of methoxy groups -OCH3 is 1. The van der Waals surface area contributed by atoms with Crippen LogP contribution in [0.1, 0.15) is 37.8 Å². The Morgan fingerprint density at radius 3 is 2.18 bits per heavy atom. The molecule has 2 unspecified atom stereocenters. The minimum Gasteiger partial charge on any atom is -0.507 e. The number of rotatable bonds is 9. The lowest BCUT2D eigenvalue weighted by Crippen LogP contribution is -2.53. The molecule has 0 aromatic heterocycles. The number of halogens is 1. The molecule has 0 fully saturated rings. The number of nitrogens with two attached hydrogens (primary N) is 1. The van der Waals surface area contributed by atoms with Gasteiger partial charge in [0.05, 0.1) is 29.8 Å². The second-order valence-electron chi connectivity index (χ2n) is 7.90. The normalized spacial score (nSPS) is 13.7. The average molecular weight is 477 g/mol. The number of hydrogen-bond acceptors (Lipinski definition) is 7. The maximum atomic E-state index is 13.0. The zero-order chi connectivity index (χ0) is 24.9. The number of phenols is 2. The van der Waals surface area contributed by atoms with Crippen LogP contribution in [0.4, 0.5) is 0 Å². The first-order valence-corrected chi connectivity index (χ1v) is 10.6. The third-order valence-electron chi connectivity index (χ3n) is 4.99. The first-order chi connectivity index (χ1) is 15.5. The molecule has 0 spiro atoms. The fourth-order valence-corrected chi connectivity index (χ4v) is 3.40. The maximum Gasteiger partial charge on any atom is 0.242 e. The van der Waals surface area contributed by atoms with E-state index in [1.54, 1.807) is 38.1 Å². The molecule has 0 aliphatic carbocycles. The van der Waals surface area contributed by atoms with Crippen molar-refractivity contribution in [2.24, 2.45) is 5.73 Å². The highest BCUT2D eigenvalue weighted by Gasteiger charge is 2.33. The molecule has 2 rings (SSSR count). The van der Waals surface area contributed by atoms with Gasteiger partial charge in [-0.25, -0.2) is 0 Å². The molecule has 2 aromatic rings. The van der Waals surface area contributed by atoms with Crippen molar-refractivity contribution < 1.29 is 24.5 Å². The van der Waals surface area contributed by atoms with Crippen LogP contribution in [0.25, 0.3) is 0 Å². The van der Waals surface area contributed by atoms with Crippen molar-refractivity contribution in [3.63, 3.8) is 0 Å². The van der Waals surface area contributed by atoms with Gasteiger partial charge in [0.25, 0.3) is 0 Å². The summed E-state index contributed by atoms with van der Waals surface area (Å²) < 4.78 is 5.17. The van der Waals surface area contributed by atoms with E-state index in [1.165, 1.54) is 20.1 Å². The summed E-state index contributed by atoms with van der Waals surface area (Å²) in [5.74, 6) is -2.21. The van der Waals surface area contributed by atoms with Crippen LogP contribution in [0.15, 0.2) is 36.4 Å². The number of carbonyl (C=O) groups is 2. The first-order valence-electron chi connectivity index (χ1n) is 10.3. The summed E-state index contributed by atoms with van der Waals surface area (Å²) in [5, 5.41) is 34.0. The number of aromatic hydroxyl groups is 2. The van der Waals surface area contributed by atoms with E-state index in [2.05, 4.69) is 10.6 Å². The van der Waals surface area contributed by atoms with Gasteiger partial charge in [0.1, 0.15) is 23.3 Å². The molecule has 0 saturated heterocycles. The van der Waals surface area contributed by atoms with E-state index in [-0.39, 0.29) is 34.0 Å². The standard InChI is InChI=1S/C23H29ClN4O5/c1-11(2)27-22(31)12(3)28-23(32)21(26)19(13-5-7-14(33-4)8-6-13)20(25)15-9-16(24)18(30)10-17(15)29/h5-12,19,21,25,29-30H,26H2,1-4H3,(H,27,31)(H,28,32)/t12-,19?,21?/m1/s1. The first kappa shape index (κ1) is 26.0. The Labute approximate surface area is 197 Å². The van der Waals surface area contributed by atoms with Gasteiger partial charge in [0.2, 0.25) is 11.8 Å². The second kappa shape index (κ2) is 11.0. The number of benzene rings is 2. The summed E-state index contributed by atoms with van der Waals surface area (Å²) in [6.45, 7) is 5.13. The van der Waals surface area contributed by atoms with Crippen LogP contribution in [0.2, 0.25) is 5.02 Å². The lowest BCUT2D eigenvalue weighted by Gasteiger charge is -2.27. The van der Waals surface area contributed by atoms with Gasteiger partial charge >= 0.3 is 0 Å². The van der Waals surface area contributed by atoms with Gasteiger partial charge in [-0.05, 0) is 44.5 Å². The Bertz CT molecular complexity index is 1030. The molecule has 0 heterocycles. The van der Waals surface area contributed by atoms with Gasteiger partial charge in [-0.3, -0.25) is 9.59 Å². The summed E-state index contributed by atoms with van der Waals surface area (Å²) in [7, 11) is 1.51. The van der Waals surface area contributed by atoms with E-state index in [4.69, 9.17) is 27.5 Å². The third-order valence-corrected chi connectivity index (χ3v) is 5.29. The van der Waals surface area contributed by atoms with Crippen molar-refractivity contribution >= 4 is 29.1 Å². The van der Waals surface area contributed by atoms with E-state index in [0.29, 0.717) is 11.3 Å². The van der Waals surface area contributed by atoms with Gasteiger partial charge in [-0.15, -0.1) is 0 Å². The lowest BCUT2D eigenvalue weighted by molar-refractivity contribution is -0.129. The zero-order valence-electron chi connectivity index (χ0n) is 18.8. The number of nitrogens with one attached hydrogen (secondary N) is 3. The third kappa shape index (κ3) is 6.36. The molecular formula is C23H29ClN4O5. The van der Waals surface area contributed by atoms with Crippen molar-refractivity contribution in [3.05, 3.63) is 52.5 Å². The fraction of sp³-hybridized carbons (Fsp3) is 0.348. The van der Waals surface area contributed by atoms with E-state index in [0.717, 1.165) is 6.07 Å². The van der Waals surface area contributed by atoms with Gasteiger partial charge in [-0.2, -0.15) is 0 Å². The van der Waals surface area contributed by atoms with Crippen molar-refractivity contribution in [2.75, 3.05) is 7.11 Å². The number of amides is 2. The number of carbonyl (C=O) groups excluding carboxylic acids is 2. The van der Waals surface area contributed by atoms with Crippen molar-refractivity contribution in [1.29, 1.82) is 5.41 Å². The molecular weight excluding hydrogens is 448 g/mol. The molecule has 2 amide bonds. The smallest absolute Gasteiger partial charge is 0.242 e. The largest absolute Gasteiger partial charge is 0.507 e. The number of hydrogen-bond donors (Lipinski definition) is 6. The van der Waals surface area contributed by atoms with Crippen LogP contribution < -0.4 is 21.1 Å². The summed E-state index contributed by atoms with van der Waals surface area (Å²) in [6, 6.07) is 6.62. The maximum absolute atomic E-state index is 13.0. The van der Waals surface area contributed by atoms with E-state index < -0.39 is 29.7 Å². The van der Waals surface area contributed by atoms with E-state index in [1.807, 2.05) is 0 Å². The van der Waals surface area contributed by atoms with Gasteiger partial charge in [0, 0.05) is 17.7 Å². The van der Waals surface area contributed by atoms with Crippen LogP contribution in [0, 0.1) is 5.41 Å². The zero-order valence-corrected chi connectivity index (χ0v) is 19.6. The quantitative estimate of drug-likeness (QED) is 0.305. The Hall–Kier alpha value is -3.30. The average Bonchev–Trinajstić information content (AvgIpc) is 2.76. The topological polar surface area (TPSA) is 158 Å². The van der Waals surface area contributed by atoms with Gasteiger partial charge in [-0.1, -0.05) is 23.7 Å². The molecule has 0 bridgehead atoms. The predicted molar refractivity (Wildman–Crippen MR) is 126 cm³/mol. The molecule has 3 atom stereocenters. The molecule has 0 aliphatic heterocycles. The van der Waals surface area contributed by atoms with E-state index in [9.17, 15) is 19.8 Å². The van der Waals surface area contributed by atoms with Crippen LogP contribution in [-0.2, 0) is 9.59 Å². The highest BCUT2D eigenvalue weighted by atomic mass is 35.5. The minimum absolute atomic E-state index is 0.00691. The SMILES string of the molecule is COc1ccc(C(C(=N)c2cc(Cl)c(O)cc2O)C(N)C(=O)N[C@H](C)C(=O)NC(C)C)cc1. The van der Waals surface area contributed by atoms with Crippen molar-refractivity contribution in [2.45, 2.75) is 44.8 Å². The monoisotopic (exact) mass is 476 g/mol. The van der Waals surface area contributed by atoms with E-state index >= 15 is 0 Å². The highest BCUT2D eigenvalue weighted by Crippen LogP contribution is 2.35. The van der Waals surface area contributed by atoms with Crippen molar-refractivity contribution in [1.82, 2.24) is 10.6 Å². The molecule has 178 valence electrons. The molecule has 33 heavy (non-hydrogen) atoms. The minimum atomic E-state index is -1.29. The highest BCUT2D eigenvalue weighted by molar-refractivity contribution is 6.32. The molecule has 0 aliphatic rings. The van der Waals surface area contributed by atoms with Crippen LogP contribution in [0.3, 0.4) is 0 Å². The van der Waals surface area contributed by atoms with Crippen molar-refractivity contribution in [3.8, 4) is 17.2 Å². The summed E-state index contributed by atoms with van der Waals surface area (Å²) >= 11 is 5.98. The Kier molecular flexibility index (Phi) is 8.67. The molecule has 0 radical (unpaired) electrons. The summed E-state index contributed by atoms with van der Waals surface area (Å²) in [5.41, 5.74) is 6.61. The van der Waals surface area contributed by atoms with Crippen LogP contribution in [-0.4, -0.2) is 53.0 Å². The fourth-order valence-electron chi connectivity index (χ4n) is 3.23. The Morgan fingerprint density at radius 1 is 1.03 bits per heavy atom. The lowest BCUT2D eigenvalue weighted by atomic mass is 9.83. The van der Waals surface area contributed by atoms with Crippen LogP contribution in [0.5, 0.6) is 17.2 Å². The molecule has 2 aromatic carbocycles. The van der Waals surface area contributed by atoms with Gasteiger partial charge < -0.3 is 36.7 Å². The Morgan fingerprint density at radius 2 is 1.64 bits per heavy atom. The summed E-state index contributed by atoms with van der Waals surface area (Å²) in [4.78, 5) is 25.2. The molecule has 10 heteroatoms. The molecule has 9 nitrogen and oxygen atoms in total.